The number of fused-ring (bicyclic) bond motifs is 5. The largest absolute Gasteiger partial charge is 0.393 e. The lowest BCUT2D eigenvalue weighted by Gasteiger charge is -2.59. The molecule has 0 heterocycles. The second kappa shape index (κ2) is 4.58. The molecule has 1 unspecified atom stereocenters. The van der Waals surface area contributed by atoms with Crippen LogP contribution in [0.25, 0.3) is 0 Å². The first-order chi connectivity index (χ1) is 10.3. The van der Waals surface area contributed by atoms with Crippen LogP contribution in [0.15, 0.2) is 11.6 Å². The van der Waals surface area contributed by atoms with Crippen LogP contribution in [0, 0.1) is 22.7 Å². The predicted octanol–water partition coefficient (Wildman–Crippen LogP) is 2.79. The van der Waals surface area contributed by atoms with Gasteiger partial charge in [0.05, 0.1) is 17.8 Å². The number of hydrogen-bond acceptors (Lipinski definition) is 3. The first-order valence-corrected chi connectivity index (χ1v) is 9.10. The minimum absolute atomic E-state index is 0.138. The molecule has 0 aromatic heterocycles. The van der Waals surface area contributed by atoms with Crippen molar-refractivity contribution in [2.75, 3.05) is 0 Å². The molecule has 4 aliphatic rings. The summed E-state index contributed by atoms with van der Waals surface area (Å²) in [5.74, 6) is 0.762. The van der Waals surface area contributed by atoms with Crippen molar-refractivity contribution in [1.29, 1.82) is 0 Å². The summed E-state index contributed by atoms with van der Waals surface area (Å²) in [4.78, 5) is 0. The van der Waals surface area contributed by atoms with Gasteiger partial charge in [0.25, 0.3) is 0 Å². The van der Waals surface area contributed by atoms with Crippen molar-refractivity contribution in [3.63, 3.8) is 0 Å². The van der Waals surface area contributed by atoms with Crippen molar-refractivity contribution >= 4 is 0 Å². The molecule has 3 heteroatoms. The number of hydrogen-bond donors (Lipinski definition) is 3. The fraction of sp³-hybridized carbons (Fsp3) is 0.895. The van der Waals surface area contributed by atoms with Crippen LogP contribution >= 0.6 is 0 Å². The zero-order chi connectivity index (χ0) is 15.8. The van der Waals surface area contributed by atoms with E-state index >= 15 is 0 Å². The van der Waals surface area contributed by atoms with Gasteiger partial charge in [0, 0.05) is 11.3 Å². The molecule has 22 heavy (non-hydrogen) atoms. The lowest BCUT2D eigenvalue weighted by molar-refractivity contribution is -0.143. The summed E-state index contributed by atoms with van der Waals surface area (Å²) in [5.41, 5.74) is 0.482. The van der Waals surface area contributed by atoms with E-state index in [2.05, 4.69) is 19.9 Å². The highest BCUT2D eigenvalue weighted by Crippen LogP contribution is 2.65. The molecule has 3 nitrogen and oxygen atoms in total. The molecule has 4 rings (SSSR count). The summed E-state index contributed by atoms with van der Waals surface area (Å²) in [6.07, 6.45) is 9.04. The van der Waals surface area contributed by atoms with Crippen LogP contribution in [0.4, 0.5) is 0 Å². The standard InChI is InChI=1S/C19H30O3/c1-17-8-5-13(20)11-12(17)3-4-15-14(17)6-9-18(2)16(21)7-10-19(15,18)22/h6,12-13,15-16,20-22H,3-5,7-11H2,1-2H3/t12?,13-,15-,16+,17+,18-,19+/m1/s1. The van der Waals surface area contributed by atoms with Crippen molar-refractivity contribution in [2.24, 2.45) is 22.7 Å². The third-order valence-corrected chi connectivity index (χ3v) is 8.14. The average molecular weight is 306 g/mol. The summed E-state index contributed by atoms with van der Waals surface area (Å²) in [6, 6.07) is 0. The first kappa shape index (κ1) is 15.2. The Kier molecular flexibility index (Phi) is 3.16. The van der Waals surface area contributed by atoms with Crippen LogP contribution in [0.3, 0.4) is 0 Å². The van der Waals surface area contributed by atoms with E-state index in [0.717, 1.165) is 51.4 Å². The Bertz CT molecular complexity index is 515. The Labute approximate surface area is 133 Å². The van der Waals surface area contributed by atoms with Gasteiger partial charge in [-0.1, -0.05) is 25.5 Å². The lowest BCUT2D eigenvalue weighted by atomic mass is 9.48. The molecule has 0 radical (unpaired) electrons. The molecule has 0 amide bonds. The fourth-order valence-corrected chi connectivity index (χ4v) is 6.44. The predicted molar refractivity (Wildman–Crippen MR) is 85.2 cm³/mol. The normalized spacial score (nSPS) is 57.6. The molecule has 0 aromatic carbocycles. The molecule has 0 aliphatic heterocycles. The highest BCUT2D eigenvalue weighted by molar-refractivity contribution is 5.33. The Morgan fingerprint density at radius 3 is 2.59 bits per heavy atom. The molecular weight excluding hydrogens is 276 g/mol. The number of aliphatic hydroxyl groups excluding tert-OH is 2. The van der Waals surface area contributed by atoms with Crippen molar-refractivity contribution in [2.45, 2.75) is 83.0 Å². The third-order valence-electron chi connectivity index (χ3n) is 8.14. The maximum Gasteiger partial charge on any atom is 0.0794 e. The van der Waals surface area contributed by atoms with Crippen LogP contribution in [-0.4, -0.2) is 33.1 Å². The van der Waals surface area contributed by atoms with Gasteiger partial charge < -0.3 is 15.3 Å². The van der Waals surface area contributed by atoms with Crippen LogP contribution in [-0.2, 0) is 0 Å². The zero-order valence-electron chi connectivity index (χ0n) is 13.9. The molecular formula is C19H30O3. The van der Waals surface area contributed by atoms with E-state index < -0.39 is 5.60 Å². The zero-order valence-corrected chi connectivity index (χ0v) is 13.9. The van der Waals surface area contributed by atoms with E-state index in [1.807, 2.05) is 0 Å². The molecule has 3 fully saturated rings. The maximum atomic E-state index is 11.5. The Balaban J connectivity index is 1.75. The summed E-state index contributed by atoms with van der Waals surface area (Å²) in [6.45, 7) is 4.44. The maximum absolute atomic E-state index is 11.5. The van der Waals surface area contributed by atoms with Crippen molar-refractivity contribution < 1.29 is 15.3 Å². The Morgan fingerprint density at radius 2 is 1.82 bits per heavy atom. The van der Waals surface area contributed by atoms with E-state index in [0.29, 0.717) is 5.92 Å². The van der Waals surface area contributed by atoms with Crippen molar-refractivity contribution in [3.05, 3.63) is 11.6 Å². The summed E-state index contributed by atoms with van der Waals surface area (Å²) < 4.78 is 0. The van der Waals surface area contributed by atoms with Crippen LogP contribution in [0.5, 0.6) is 0 Å². The molecule has 124 valence electrons. The van der Waals surface area contributed by atoms with Crippen LogP contribution < -0.4 is 0 Å². The van der Waals surface area contributed by atoms with E-state index in [-0.39, 0.29) is 29.0 Å². The monoisotopic (exact) mass is 306 g/mol. The summed E-state index contributed by atoms with van der Waals surface area (Å²) in [7, 11) is 0. The van der Waals surface area contributed by atoms with Crippen LogP contribution in [0.1, 0.15) is 65.2 Å². The topological polar surface area (TPSA) is 60.7 Å². The molecule has 0 aromatic rings. The van der Waals surface area contributed by atoms with Gasteiger partial charge in [-0.05, 0) is 62.7 Å². The highest BCUT2D eigenvalue weighted by Gasteiger charge is 2.64. The average Bonchev–Trinajstić information content (AvgIpc) is 2.72. The van der Waals surface area contributed by atoms with E-state index in [1.54, 1.807) is 0 Å². The van der Waals surface area contributed by atoms with E-state index in [9.17, 15) is 15.3 Å². The number of allylic oxidation sites excluding steroid dienone is 1. The molecule has 0 spiro atoms. The molecule has 3 saturated carbocycles. The van der Waals surface area contributed by atoms with Crippen LogP contribution in [0.2, 0.25) is 0 Å². The van der Waals surface area contributed by atoms with E-state index in [1.165, 1.54) is 5.57 Å². The Morgan fingerprint density at radius 1 is 1.05 bits per heavy atom. The third kappa shape index (κ3) is 1.68. The van der Waals surface area contributed by atoms with Crippen molar-refractivity contribution in [3.8, 4) is 0 Å². The second-order valence-corrected chi connectivity index (χ2v) is 8.93. The summed E-state index contributed by atoms with van der Waals surface area (Å²) >= 11 is 0. The van der Waals surface area contributed by atoms with E-state index in [4.69, 9.17) is 0 Å². The first-order valence-electron chi connectivity index (χ1n) is 9.10. The minimum atomic E-state index is -0.736. The van der Waals surface area contributed by atoms with Gasteiger partial charge in [-0.15, -0.1) is 0 Å². The molecule has 0 saturated heterocycles. The van der Waals surface area contributed by atoms with Gasteiger partial charge in [-0.25, -0.2) is 0 Å². The SMILES string of the molecule is C[C@]12CC[C@@H](O)CC1CC[C@@H]1C2=CC[C@]2(C)[C@@H](O)CC[C@]12O. The molecule has 7 atom stereocenters. The summed E-state index contributed by atoms with van der Waals surface area (Å²) in [5, 5.41) is 32.0. The molecule has 3 N–H and O–H groups in total. The van der Waals surface area contributed by atoms with Crippen molar-refractivity contribution in [1.82, 2.24) is 0 Å². The fourth-order valence-electron chi connectivity index (χ4n) is 6.44. The molecule has 4 aliphatic carbocycles. The quantitative estimate of drug-likeness (QED) is 0.603. The highest BCUT2D eigenvalue weighted by atomic mass is 16.3. The lowest BCUT2D eigenvalue weighted by Crippen LogP contribution is -2.58. The van der Waals surface area contributed by atoms with Gasteiger partial charge >= 0.3 is 0 Å². The van der Waals surface area contributed by atoms with Gasteiger partial charge in [0.2, 0.25) is 0 Å². The van der Waals surface area contributed by atoms with Gasteiger partial charge in [-0.3, -0.25) is 0 Å². The number of rotatable bonds is 0. The minimum Gasteiger partial charge on any atom is -0.393 e. The molecule has 0 bridgehead atoms. The Hall–Kier alpha value is -0.380. The van der Waals surface area contributed by atoms with Gasteiger partial charge in [-0.2, -0.15) is 0 Å². The smallest absolute Gasteiger partial charge is 0.0794 e. The number of aliphatic hydroxyl groups is 3. The second-order valence-electron chi connectivity index (χ2n) is 8.93. The van der Waals surface area contributed by atoms with Gasteiger partial charge in [0.1, 0.15) is 0 Å². The van der Waals surface area contributed by atoms with Gasteiger partial charge in [0.15, 0.2) is 0 Å².